The quantitative estimate of drug-likeness (QED) is 0.908. The highest BCUT2D eigenvalue weighted by atomic mass is 32.2. The van der Waals surface area contributed by atoms with Crippen molar-refractivity contribution in [3.05, 3.63) is 17.1 Å². The van der Waals surface area contributed by atoms with Crippen LogP contribution in [0.15, 0.2) is 0 Å². The summed E-state index contributed by atoms with van der Waals surface area (Å²) in [6, 6.07) is 0. The van der Waals surface area contributed by atoms with E-state index >= 15 is 0 Å². The Balaban J connectivity index is 1.92. The fourth-order valence-electron chi connectivity index (χ4n) is 2.55. The van der Waals surface area contributed by atoms with Crippen molar-refractivity contribution in [3.63, 3.8) is 0 Å². The van der Waals surface area contributed by atoms with Crippen LogP contribution in [0.4, 0.5) is 5.82 Å². The fraction of sp³-hybridized carbons (Fsp3) is 0.692. The molecule has 0 radical (unpaired) electrons. The number of aromatic nitrogens is 2. The van der Waals surface area contributed by atoms with Crippen LogP contribution in [0.25, 0.3) is 0 Å². The van der Waals surface area contributed by atoms with Gasteiger partial charge in [-0.1, -0.05) is 0 Å². The minimum atomic E-state index is 0.0760. The summed E-state index contributed by atoms with van der Waals surface area (Å²) < 4.78 is 5.78. The van der Waals surface area contributed by atoms with Crippen LogP contribution in [0.1, 0.15) is 36.5 Å². The Kier molecular flexibility index (Phi) is 3.70. The number of rotatable bonds is 3. The summed E-state index contributed by atoms with van der Waals surface area (Å²) >= 11 is 1.92. The van der Waals surface area contributed by atoms with Crippen LogP contribution in [0, 0.1) is 0 Å². The normalized spacial score (nSPS) is 22.8. The van der Waals surface area contributed by atoms with Crippen molar-refractivity contribution in [2.24, 2.45) is 0 Å². The largest absolute Gasteiger partial charge is 0.370 e. The van der Waals surface area contributed by atoms with Crippen LogP contribution < -0.4 is 5.32 Å². The van der Waals surface area contributed by atoms with Crippen molar-refractivity contribution in [1.82, 2.24) is 9.97 Å². The van der Waals surface area contributed by atoms with Crippen LogP contribution in [0.2, 0.25) is 0 Å². The van der Waals surface area contributed by atoms with E-state index in [1.165, 1.54) is 17.7 Å². The Morgan fingerprint density at radius 2 is 2.33 bits per heavy atom. The van der Waals surface area contributed by atoms with Gasteiger partial charge in [-0.2, -0.15) is 11.8 Å². The molecule has 2 aliphatic rings. The molecule has 5 heteroatoms. The molecule has 0 spiro atoms. The van der Waals surface area contributed by atoms with Gasteiger partial charge in [0.05, 0.1) is 6.61 Å². The summed E-state index contributed by atoms with van der Waals surface area (Å²) in [6.45, 7) is 3.82. The standard InChI is InChI=1S/C13H19N3OS/c1-2-14-12-9-4-3-5-10(9)15-13(16-12)11-8-18-7-6-17-11/h11H,2-8H2,1H3,(H,14,15,16). The zero-order valence-corrected chi connectivity index (χ0v) is 11.6. The molecule has 1 N–H and O–H groups in total. The topological polar surface area (TPSA) is 47.0 Å². The summed E-state index contributed by atoms with van der Waals surface area (Å²) in [5.74, 6) is 3.97. The van der Waals surface area contributed by atoms with E-state index in [0.29, 0.717) is 0 Å². The van der Waals surface area contributed by atoms with E-state index in [1.807, 2.05) is 11.8 Å². The van der Waals surface area contributed by atoms with Crippen molar-refractivity contribution >= 4 is 17.6 Å². The van der Waals surface area contributed by atoms with Gasteiger partial charge in [0.15, 0.2) is 5.82 Å². The maximum Gasteiger partial charge on any atom is 0.160 e. The molecule has 0 bridgehead atoms. The molecule has 3 rings (SSSR count). The van der Waals surface area contributed by atoms with Gasteiger partial charge in [0.2, 0.25) is 0 Å². The second-order valence-corrected chi connectivity index (χ2v) is 5.82. The number of fused-ring (bicyclic) bond motifs is 1. The van der Waals surface area contributed by atoms with Gasteiger partial charge in [-0.05, 0) is 26.2 Å². The monoisotopic (exact) mass is 265 g/mol. The number of anilines is 1. The number of thioether (sulfide) groups is 1. The molecule has 1 unspecified atom stereocenters. The zero-order chi connectivity index (χ0) is 12.4. The van der Waals surface area contributed by atoms with Gasteiger partial charge in [-0.15, -0.1) is 0 Å². The van der Waals surface area contributed by atoms with Gasteiger partial charge in [0.25, 0.3) is 0 Å². The summed E-state index contributed by atoms with van der Waals surface area (Å²) in [7, 11) is 0. The lowest BCUT2D eigenvalue weighted by atomic mass is 10.2. The van der Waals surface area contributed by atoms with Crippen molar-refractivity contribution < 1.29 is 4.74 Å². The fourth-order valence-corrected chi connectivity index (χ4v) is 3.39. The van der Waals surface area contributed by atoms with Crippen LogP contribution >= 0.6 is 11.8 Å². The molecule has 18 heavy (non-hydrogen) atoms. The zero-order valence-electron chi connectivity index (χ0n) is 10.7. The minimum Gasteiger partial charge on any atom is -0.370 e. The Labute approximate surface area is 112 Å². The molecule has 4 nitrogen and oxygen atoms in total. The highest BCUT2D eigenvalue weighted by Crippen LogP contribution is 2.30. The van der Waals surface area contributed by atoms with Gasteiger partial charge in [-0.25, -0.2) is 9.97 Å². The average molecular weight is 265 g/mol. The molecule has 0 saturated carbocycles. The van der Waals surface area contributed by atoms with Crippen molar-refractivity contribution in [2.45, 2.75) is 32.3 Å². The lowest BCUT2D eigenvalue weighted by Crippen LogP contribution is -2.20. The van der Waals surface area contributed by atoms with E-state index < -0.39 is 0 Å². The summed E-state index contributed by atoms with van der Waals surface area (Å²) in [4.78, 5) is 9.43. The molecule has 1 fully saturated rings. The molecule has 98 valence electrons. The maximum absolute atomic E-state index is 5.78. The van der Waals surface area contributed by atoms with E-state index in [-0.39, 0.29) is 6.10 Å². The van der Waals surface area contributed by atoms with Crippen LogP contribution in [-0.2, 0) is 17.6 Å². The lowest BCUT2D eigenvalue weighted by Gasteiger charge is -2.22. The molecule has 1 saturated heterocycles. The molecule has 1 atom stereocenters. The summed E-state index contributed by atoms with van der Waals surface area (Å²) in [5.41, 5.74) is 2.55. The Hall–Kier alpha value is -0.810. The predicted octanol–water partition coefficient (Wildman–Crippen LogP) is 2.20. The highest BCUT2D eigenvalue weighted by molar-refractivity contribution is 7.99. The van der Waals surface area contributed by atoms with Crippen molar-refractivity contribution in [2.75, 3.05) is 30.0 Å². The third-order valence-corrected chi connectivity index (χ3v) is 4.39. The SMILES string of the molecule is CCNc1nc(C2CSCCO2)nc2c1CCC2. The van der Waals surface area contributed by atoms with Crippen LogP contribution in [0.3, 0.4) is 0 Å². The third kappa shape index (κ3) is 2.34. The molecular formula is C13H19N3OS. The number of nitrogens with one attached hydrogen (secondary N) is 1. The second kappa shape index (κ2) is 5.45. The maximum atomic E-state index is 5.78. The Morgan fingerprint density at radius 3 is 3.11 bits per heavy atom. The smallest absolute Gasteiger partial charge is 0.160 e. The molecule has 2 heterocycles. The summed E-state index contributed by atoms with van der Waals surface area (Å²) in [5, 5.41) is 3.37. The number of aryl methyl sites for hydroxylation is 1. The molecule has 1 aromatic rings. The van der Waals surface area contributed by atoms with Gasteiger partial charge >= 0.3 is 0 Å². The third-order valence-electron chi connectivity index (χ3n) is 3.40. The second-order valence-electron chi connectivity index (χ2n) is 4.67. The van der Waals surface area contributed by atoms with Crippen LogP contribution in [0.5, 0.6) is 0 Å². The van der Waals surface area contributed by atoms with E-state index in [0.717, 1.165) is 49.1 Å². The van der Waals surface area contributed by atoms with E-state index in [1.54, 1.807) is 0 Å². The number of nitrogens with zero attached hydrogens (tertiary/aromatic N) is 2. The molecule has 1 aliphatic carbocycles. The van der Waals surface area contributed by atoms with E-state index in [2.05, 4.69) is 12.2 Å². The summed E-state index contributed by atoms with van der Waals surface area (Å²) in [6.07, 6.45) is 3.47. The van der Waals surface area contributed by atoms with Crippen molar-refractivity contribution in [3.8, 4) is 0 Å². The van der Waals surface area contributed by atoms with Gasteiger partial charge in [0, 0.05) is 29.3 Å². The average Bonchev–Trinajstić information content (AvgIpc) is 2.88. The number of hydrogen-bond acceptors (Lipinski definition) is 5. The van der Waals surface area contributed by atoms with Crippen molar-refractivity contribution in [1.29, 1.82) is 0 Å². The first kappa shape index (κ1) is 12.2. The minimum absolute atomic E-state index is 0.0760. The molecule has 1 aliphatic heterocycles. The first-order chi connectivity index (χ1) is 8.88. The molecule has 0 amide bonds. The number of ether oxygens (including phenoxy) is 1. The van der Waals surface area contributed by atoms with Gasteiger partial charge in [0.1, 0.15) is 11.9 Å². The van der Waals surface area contributed by atoms with Crippen LogP contribution in [-0.4, -0.2) is 34.6 Å². The Bertz CT molecular complexity index is 432. The van der Waals surface area contributed by atoms with Gasteiger partial charge in [-0.3, -0.25) is 0 Å². The molecule has 1 aromatic heterocycles. The molecule has 0 aromatic carbocycles. The Morgan fingerprint density at radius 1 is 1.39 bits per heavy atom. The first-order valence-corrected chi connectivity index (χ1v) is 7.87. The predicted molar refractivity (Wildman–Crippen MR) is 74.2 cm³/mol. The number of hydrogen-bond donors (Lipinski definition) is 1. The first-order valence-electron chi connectivity index (χ1n) is 6.71. The van der Waals surface area contributed by atoms with Gasteiger partial charge < -0.3 is 10.1 Å². The lowest BCUT2D eigenvalue weighted by molar-refractivity contribution is 0.0694. The molecular weight excluding hydrogens is 246 g/mol. The van der Waals surface area contributed by atoms with E-state index in [9.17, 15) is 0 Å². The highest BCUT2D eigenvalue weighted by Gasteiger charge is 2.24. The van der Waals surface area contributed by atoms with E-state index in [4.69, 9.17) is 14.7 Å².